The molecule has 1 fully saturated rings. The second-order valence-electron chi connectivity index (χ2n) is 5.21. The highest BCUT2D eigenvalue weighted by Gasteiger charge is 2.25. The second-order valence-corrected chi connectivity index (χ2v) is 6.36. The number of aliphatic hydroxyl groups is 1. The van der Waals surface area contributed by atoms with Gasteiger partial charge in [0.1, 0.15) is 5.82 Å². The lowest BCUT2D eigenvalue weighted by Crippen LogP contribution is -2.20. The maximum Gasteiger partial charge on any atom is 0.109 e. The minimum absolute atomic E-state index is 0.268. The SMILES string of the molecule is OCC1CCCn2c1cnc2CC1CCSC1. The summed E-state index contributed by atoms with van der Waals surface area (Å²) in [4.78, 5) is 4.60. The van der Waals surface area contributed by atoms with E-state index in [9.17, 15) is 5.11 Å². The highest BCUT2D eigenvalue weighted by molar-refractivity contribution is 7.99. The summed E-state index contributed by atoms with van der Waals surface area (Å²) >= 11 is 2.07. The van der Waals surface area contributed by atoms with Crippen molar-refractivity contribution in [1.82, 2.24) is 9.55 Å². The summed E-state index contributed by atoms with van der Waals surface area (Å²) < 4.78 is 2.37. The summed E-state index contributed by atoms with van der Waals surface area (Å²) in [5, 5.41) is 9.39. The summed E-state index contributed by atoms with van der Waals surface area (Å²) in [5.41, 5.74) is 1.26. The van der Waals surface area contributed by atoms with E-state index in [1.165, 1.54) is 35.9 Å². The summed E-state index contributed by atoms with van der Waals surface area (Å²) in [7, 11) is 0. The van der Waals surface area contributed by atoms with Crippen molar-refractivity contribution < 1.29 is 5.11 Å². The number of fused-ring (bicyclic) bond motifs is 1. The Labute approximate surface area is 107 Å². The lowest BCUT2D eigenvalue weighted by Gasteiger charge is -2.24. The van der Waals surface area contributed by atoms with Gasteiger partial charge in [-0.15, -0.1) is 0 Å². The Morgan fingerprint density at radius 3 is 3.18 bits per heavy atom. The molecule has 1 aromatic rings. The van der Waals surface area contributed by atoms with E-state index in [4.69, 9.17) is 0 Å². The lowest BCUT2D eigenvalue weighted by atomic mass is 9.97. The molecular weight excluding hydrogens is 232 g/mol. The Morgan fingerprint density at radius 1 is 1.47 bits per heavy atom. The van der Waals surface area contributed by atoms with Gasteiger partial charge in [0.25, 0.3) is 0 Å². The molecule has 0 saturated carbocycles. The van der Waals surface area contributed by atoms with Crippen LogP contribution in [0.1, 0.15) is 36.7 Å². The van der Waals surface area contributed by atoms with Gasteiger partial charge in [0, 0.05) is 30.8 Å². The minimum atomic E-state index is 0.268. The quantitative estimate of drug-likeness (QED) is 0.894. The van der Waals surface area contributed by atoms with Crippen LogP contribution in [-0.4, -0.2) is 32.8 Å². The van der Waals surface area contributed by atoms with E-state index >= 15 is 0 Å². The van der Waals surface area contributed by atoms with Gasteiger partial charge in [0.15, 0.2) is 0 Å². The zero-order valence-corrected chi connectivity index (χ0v) is 11.0. The zero-order chi connectivity index (χ0) is 11.7. The van der Waals surface area contributed by atoms with Crippen LogP contribution >= 0.6 is 11.8 Å². The van der Waals surface area contributed by atoms with E-state index in [0.717, 1.165) is 25.3 Å². The first kappa shape index (κ1) is 11.6. The van der Waals surface area contributed by atoms with Gasteiger partial charge in [-0.05, 0) is 36.7 Å². The molecule has 2 atom stereocenters. The molecule has 2 aliphatic heterocycles. The van der Waals surface area contributed by atoms with Crippen LogP contribution in [0.25, 0.3) is 0 Å². The van der Waals surface area contributed by atoms with Gasteiger partial charge in [0.2, 0.25) is 0 Å². The monoisotopic (exact) mass is 252 g/mol. The second kappa shape index (κ2) is 5.02. The summed E-state index contributed by atoms with van der Waals surface area (Å²) in [6.45, 7) is 1.37. The molecule has 0 spiro atoms. The topological polar surface area (TPSA) is 38.0 Å². The Kier molecular flexibility index (Phi) is 3.43. The molecule has 1 aromatic heterocycles. The van der Waals surface area contributed by atoms with Crippen LogP contribution in [0.3, 0.4) is 0 Å². The lowest BCUT2D eigenvalue weighted by molar-refractivity contribution is 0.240. The summed E-state index contributed by atoms with van der Waals surface area (Å²) in [6.07, 6.45) is 6.76. The van der Waals surface area contributed by atoms with Crippen LogP contribution in [0.2, 0.25) is 0 Å². The molecule has 0 aromatic carbocycles. The van der Waals surface area contributed by atoms with Crippen molar-refractivity contribution >= 4 is 11.8 Å². The van der Waals surface area contributed by atoms with E-state index in [1.807, 2.05) is 6.20 Å². The number of hydrogen-bond acceptors (Lipinski definition) is 3. The van der Waals surface area contributed by atoms with Crippen LogP contribution in [0, 0.1) is 5.92 Å². The first-order valence-corrected chi connectivity index (χ1v) is 7.77. The standard InChI is InChI=1S/C13H20N2OS/c16-8-11-2-1-4-15-12(11)7-14-13(15)6-10-3-5-17-9-10/h7,10-11,16H,1-6,8-9H2. The van der Waals surface area contributed by atoms with Crippen molar-refractivity contribution in [2.24, 2.45) is 5.92 Å². The largest absolute Gasteiger partial charge is 0.396 e. The van der Waals surface area contributed by atoms with Crippen molar-refractivity contribution in [3.63, 3.8) is 0 Å². The van der Waals surface area contributed by atoms with Crippen LogP contribution < -0.4 is 0 Å². The van der Waals surface area contributed by atoms with Crippen LogP contribution in [0.4, 0.5) is 0 Å². The Bertz CT molecular complexity index is 385. The number of aromatic nitrogens is 2. The average Bonchev–Trinajstić information content (AvgIpc) is 2.99. The molecule has 17 heavy (non-hydrogen) atoms. The molecular formula is C13H20N2OS. The fourth-order valence-electron chi connectivity index (χ4n) is 3.01. The van der Waals surface area contributed by atoms with E-state index in [1.54, 1.807) is 0 Å². The van der Waals surface area contributed by atoms with Crippen LogP contribution in [0.5, 0.6) is 0 Å². The Hall–Kier alpha value is -0.480. The number of imidazole rings is 1. The molecule has 3 rings (SSSR count). The third-order valence-corrected chi connectivity index (χ3v) is 5.27. The van der Waals surface area contributed by atoms with Crippen molar-refractivity contribution in [2.75, 3.05) is 18.1 Å². The van der Waals surface area contributed by atoms with Gasteiger partial charge in [0.05, 0.1) is 6.61 Å². The molecule has 94 valence electrons. The van der Waals surface area contributed by atoms with E-state index in [2.05, 4.69) is 21.3 Å². The van der Waals surface area contributed by atoms with E-state index < -0.39 is 0 Å². The van der Waals surface area contributed by atoms with Gasteiger partial charge < -0.3 is 9.67 Å². The molecule has 2 unspecified atom stereocenters. The van der Waals surface area contributed by atoms with Crippen molar-refractivity contribution in [1.29, 1.82) is 0 Å². The highest BCUT2D eigenvalue weighted by Crippen LogP contribution is 2.31. The molecule has 0 amide bonds. The fraction of sp³-hybridized carbons (Fsp3) is 0.769. The van der Waals surface area contributed by atoms with Gasteiger partial charge in [-0.2, -0.15) is 11.8 Å². The maximum atomic E-state index is 9.39. The summed E-state index contributed by atoms with van der Waals surface area (Å²) in [5.74, 6) is 5.01. The first-order valence-electron chi connectivity index (χ1n) is 6.61. The number of hydrogen-bond donors (Lipinski definition) is 1. The van der Waals surface area contributed by atoms with Gasteiger partial charge in [-0.1, -0.05) is 0 Å². The Balaban J connectivity index is 1.79. The molecule has 2 aliphatic rings. The minimum Gasteiger partial charge on any atom is -0.396 e. The molecule has 3 heterocycles. The molecule has 0 bridgehead atoms. The predicted octanol–water partition coefficient (Wildman–Crippen LogP) is 2.05. The molecule has 3 nitrogen and oxygen atoms in total. The molecule has 4 heteroatoms. The number of thioether (sulfide) groups is 1. The molecule has 0 radical (unpaired) electrons. The zero-order valence-electron chi connectivity index (χ0n) is 10.1. The third kappa shape index (κ3) is 2.25. The third-order valence-electron chi connectivity index (χ3n) is 4.04. The van der Waals surface area contributed by atoms with Crippen molar-refractivity contribution in [3.05, 3.63) is 17.7 Å². The van der Waals surface area contributed by atoms with Crippen LogP contribution in [-0.2, 0) is 13.0 Å². The predicted molar refractivity (Wildman–Crippen MR) is 70.4 cm³/mol. The molecule has 0 aliphatic carbocycles. The van der Waals surface area contributed by atoms with Gasteiger partial charge >= 0.3 is 0 Å². The van der Waals surface area contributed by atoms with Crippen molar-refractivity contribution in [2.45, 2.75) is 38.1 Å². The van der Waals surface area contributed by atoms with Crippen LogP contribution in [0.15, 0.2) is 6.20 Å². The number of nitrogens with zero attached hydrogens (tertiary/aromatic N) is 2. The Morgan fingerprint density at radius 2 is 2.41 bits per heavy atom. The fourth-order valence-corrected chi connectivity index (χ4v) is 4.29. The molecule has 1 N–H and O–H groups in total. The smallest absolute Gasteiger partial charge is 0.109 e. The average molecular weight is 252 g/mol. The number of aliphatic hydroxyl groups excluding tert-OH is 1. The number of rotatable bonds is 3. The van der Waals surface area contributed by atoms with E-state index in [-0.39, 0.29) is 6.61 Å². The van der Waals surface area contributed by atoms with E-state index in [0.29, 0.717) is 5.92 Å². The maximum absolute atomic E-state index is 9.39. The normalized spacial score (nSPS) is 28.3. The van der Waals surface area contributed by atoms with Gasteiger partial charge in [-0.3, -0.25) is 0 Å². The van der Waals surface area contributed by atoms with Gasteiger partial charge in [-0.25, -0.2) is 4.98 Å². The summed E-state index contributed by atoms with van der Waals surface area (Å²) in [6, 6.07) is 0. The van der Waals surface area contributed by atoms with Crippen molar-refractivity contribution in [3.8, 4) is 0 Å². The first-order chi connectivity index (χ1) is 8.38. The molecule has 1 saturated heterocycles. The highest BCUT2D eigenvalue weighted by atomic mass is 32.2.